The minimum Gasteiger partial charge on any atom is -0.322 e. The third kappa shape index (κ3) is 3.75. The molecule has 0 saturated carbocycles. The largest absolute Gasteiger partial charge is 0.322 e. The van der Waals surface area contributed by atoms with Gasteiger partial charge < -0.3 is 10.2 Å². The minimum absolute atomic E-state index is 0.107. The number of hydrogen-bond donors (Lipinski definition) is 2. The smallest absolute Gasteiger partial charge is 0.255 e. The van der Waals surface area contributed by atoms with Gasteiger partial charge in [0.15, 0.2) is 0 Å². The summed E-state index contributed by atoms with van der Waals surface area (Å²) in [5, 5.41) is 5.81. The van der Waals surface area contributed by atoms with E-state index in [9.17, 15) is 14.4 Å². The van der Waals surface area contributed by atoms with Crippen molar-refractivity contribution in [2.75, 3.05) is 39.3 Å². The van der Waals surface area contributed by atoms with Crippen molar-refractivity contribution in [2.24, 2.45) is 0 Å². The summed E-state index contributed by atoms with van der Waals surface area (Å²) in [4.78, 5) is 43.1. The number of nitrogens with zero attached hydrogens (tertiary/aromatic N) is 3. The van der Waals surface area contributed by atoms with Crippen molar-refractivity contribution in [3.8, 4) is 0 Å². The van der Waals surface area contributed by atoms with E-state index in [0.717, 1.165) is 51.4 Å². The van der Waals surface area contributed by atoms with Crippen LogP contribution in [-0.2, 0) is 22.7 Å². The van der Waals surface area contributed by atoms with E-state index in [1.54, 1.807) is 4.90 Å². The van der Waals surface area contributed by atoms with E-state index in [1.165, 1.54) is 12.0 Å². The average Bonchev–Trinajstić information content (AvgIpc) is 3.37. The van der Waals surface area contributed by atoms with Gasteiger partial charge in [-0.15, -0.1) is 0 Å². The van der Waals surface area contributed by atoms with Crippen LogP contribution in [0.15, 0.2) is 18.2 Å². The van der Waals surface area contributed by atoms with Gasteiger partial charge in [0.05, 0.1) is 0 Å². The molecule has 0 aromatic heterocycles. The Kier molecular flexibility index (Phi) is 5.30. The van der Waals surface area contributed by atoms with Crippen LogP contribution in [0.25, 0.3) is 0 Å². The number of hydrogen-bond acceptors (Lipinski definition) is 6. The molecule has 0 radical (unpaired) electrons. The second-order valence-corrected chi connectivity index (χ2v) is 8.85. The number of amides is 3. The Hall–Kier alpha value is -2.29. The zero-order valence-corrected chi connectivity index (χ0v) is 17.2. The van der Waals surface area contributed by atoms with Gasteiger partial charge in [0.1, 0.15) is 6.04 Å². The van der Waals surface area contributed by atoms with E-state index in [2.05, 4.69) is 26.5 Å². The summed E-state index contributed by atoms with van der Waals surface area (Å²) in [5.74, 6) is -0.722. The fourth-order valence-electron chi connectivity index (χ4n) is 5.22. The van der Waals surface area contributed by atoms with Crippen molar-refractivity contribution in [3.63, 3.8) is 0 Å². The van der Waals surface area contributed by atoms with Gasteiger partial charge in [0.2, 0.25) is 11.8 Å². The number of imide groups is 1. The second-order valence-electron chi connectivity index (χ2n) is 8.85. The molecule has 1 unspecified atom stereocenters. The first kappa shape index (κ1) is 19.7. The summed E-state index contributed by atoms with van der Waals surface area (Å²) in [6.45, 7) is 7.92. The van der Waals surface area contributed by atoms with E-state index in [1.807, 2.05) is 12.1 Å². The van der Waals surface area contributed by atoms with Crippen LogP contribution in [0.2, 0.25) is 0 Å². The highest BCUT2D eigenvalue weighted by molar-refractivity contribution is 6.05. The number of piperazine rings is 1. The molecule has 30 heavy (non-hydrogen) atoms. The van der Waals surface area contributed by atoms with Gasteiger partial charge in [0, 0.05) is 63.8 Å². The molecule has 4 heterocycles. The normalized spacial score (nSPS) is 28.1. The van der Waals surface area contributed by atoms with Crippen molar-refractivity contribution in [2.45, 2.75) is 44.4 Å². The molecule has 0 bridgehead atoms. The fraction of sp³-hybridized carbons (Fsp3) is 0.591. The van der Waals surface area contributed by atoms with Gasteiger partial charge in [0.25, 0.3) is 5.91 Å². The number of fused-ring (bicyclic) bond motifs is 1. The third-order valence-electron chi connectivity index (χ3n) is 6.95. The molecule has 160 valence electrons. The Balaban J connectivity index is 1.21. The lowest BCUT2D eigenvalue weighted by Crippen LogP contribution is -2.52. The van der Waals surface area contributed by atoms with Crippen LogP contribution in [0.5, 0.6) is 0 Å². The SMILES string of the molecule is O=C1CCC(N2Cc3cc(CN4CCN([C@@H]5CCNC5)CC4)ccc3C2=O)C(=O)N1. The number of benzene rings is 1. The molecule has 3 fully saturated rings. The maximum absolute atomic E-state index is 12.8. The fourth-order valence-corrected chi connectivity index (χ4v) is 5.22. The number of nitrogens with one attached hydrogen (secondary N) is 2. The number of piperidine rings is 1. The average molecular weight is 412 g/mol. The van der Waals surface area contributed by atoms with Crippen LogP contribution >= 0.6 is 0 Å². The molecule has 8 heteroatoms. The molecule has 5 rings (SSSR count). The van der Waals surface area contributed by atoms with Gasteiger partial charge in [-0.1, -0.05) is 12.1 Å². The Morgan fingerprint density at radius 3 is 2.60 bits per heavy atom. The first-order chi connectivity index (χ1) is 14.6. The second kappa shape index (κ2) is 8.09. The van der Waals surface area contributed by atoms with Crippen LogP contribution < -0.4 is 10.6 Å². The summed E-state index contributed by atoms with van der Waals surface area (Å²) in [5.41, 5.74) is 2.88. The summed E-state index contributed by atoms with van der Waals surface area (Å²) >= 11 is 0. The predicted octanol–water partition coefficient (Wildman–Crippen LogP) is -0.0729. The molecule has 0 spiro atoms. The maximum atomic E-state index is 12.8. The van der Waals surface area contributed by atoms with Crippen LogP contribution in [0.1, 0.15) is 40.7 Å². The van der Waals surface area contributed by atoms with Crippen molar-refractivity contribution >= 4 is 17.7 Å². The van der Waals surface area contributed by atoms with Crippen molar-refractivity contribution < 1.29 is 14.4 Å². The van der Waals surface area contributed by atoms with Crippen molar-refractivity contribution in [1.82, 2.24) is 25.3 Å². The Morgan fingerprint density at radius 2 is 1.87 bits per heavy atom. The zero-order chi connectivity index (χ0) is 20.7. The van der Waals surface area contributed by atoms with Crippen LogP contribution in [0.4, 0.5) is 0 Å². The molecule has 3 saturated heterocycles. The van der Waals surface area contributed by atoms with Crippen molar-refractivity contribution in [3.05, 3.63) is 34.9 Å². The van der Waals surface area contributed by atoms with Gasteiger partial charge >= 0.3 is 0 Å². The quantitative estimate of drug-likeness (QED) is 0.675. The zero-order valence-electron chi connectivity index (χ0n) is 17.2. The molecule has 2 atom stereocenters. The third-order valence-corrected chi connectivity index (χ3v) is 6.95. The maximum Gasteiger partial charge on any atom is 0.255 e. The Labute approximate surface area is 176 Å². The predicted molar refractivity (Wildman–Crippen MR) is 111 cm³/mol. The minimum atomic E-state index is -0.552. The summed E-state index contributed by atoms with van der Waals surface area (Å²) < 4.78 is 0. The molecular formula is C22H29N5O3. The van der Waals surface area contributed by atoms with Gasteiger partial charge in [-0.25, -0.2) is 0 Å². The molecule has 1 aromatic carbocycles. The molecule has 2 N–H and O–H groups in total. The lowest BCUT2D eigenvalue weighted by molar-refractivity contribution is -0.136. The topological polar surface area (TPSA) is 85.0 Å². The standard InChI is InChI=1S/C22H29N5O3/c28-20-4-3-19(21(29)24-20)27-14-16-11-15(1-2-18(16)22(27)30)13-25-7-9-26(10-8-25)17-5-6-23-12-17/h1-2,11,17,19,23H,3-10,12-14H2,(H,24,28,29)/t17-,19?/m1/s1. The van der Waals surface area contributed by atoms with E-state index in [-0.39, 0.29) is 24.1 Å². The van der Waals surface area contributed by atoms with Crippen LogP contribution in [0.3, 0.4) is 0 Å². The van der Waals surface area contributed by atoms with Crippen LogP contribution in [0, 0.1) is 0 Å². The summed E-state index contributed by atoms with van der Waals surface area (Å²) in [6.07, 6.45) is 1.94. The summed E-state index contributed by atoms with van der Waals surface area (Å²) in [7, 11) is 0. The number of rotatable bonds is 4. The van der Waals surface area contributed by atoms with Gasteiger partial charge in [-0.3, -0.25) is 29.5 Å². The Morgan fingerprint density at radius 1 is 1.03 bits per heavy atom. The molecule has 1 aromatic rings. The lowest BCUT2D eigenvalue weighted by Gasteiger charge is -2.37. The summed E-state index contributed by atoms with van der Waals surface area (Å²) in [6, 6.07) is 6.20. The van der Waals surface area contributed by atoms with E-state index < -0.39 is 6.04 Å². The molecule has 4 aliphatic rings. The molecule has 0 aliphatic carbocycles. The lowest BCUT2D eigenvalue weighted by atomic mass is 10.0. The number of carbonyl (C=O) groups excluding carboxylic acids is 3. The van der Waals surface area contributed by atoms with E-state index >= 15 is 0 Å². The van der Waals surface area contributed by atoms with Crippen LogP contribution in [-0.4, -0.2) is 83.8 Å². The first-order valence-electron chi connectivity index (χ1n) is 11.0. The highest BCUT2D eigenvalue weighted by Gasteiger charge is 2.39. The number of carbonyl (C=O) groups is 3. The van der Waals surface area contributed by atoms with Crippen molar-refractivity contribution in [1.29, 1.82) is 0 Å². The van der Waals surface area contributed by atoms with Gasteiger partial charge in [-0.05, 0) is 36.6 Å². The van der Waals surface area contributed by atoms with E-state index in [4.69, 9.17) is 0 Å². The molecular weight excluding hydrogens is 382 g/mol. The van der Waals surface area contributed by atoms with Gasteiger partial charge in [-0.2, -0.15) is 0 Å². The molecule has 8 nitrogen and oxygen atoms in total. The highest BCUT2D eigenvalue weighted by atomic mass is 16.2. The first-order valence-corrected chi connectivity index (χ1v) is 11.0. The highest BCUT2D eigenvalue weighted by Crippen LogP contribution is 2.28. The monoisotopic (exact) mass is 411 g/mol. The molecule has 3 amide bonds. The van der Waals surface area contributed by atoms with E-state index in [0.29, 0.717) is 24.6 Å². The molecule has 4 aliphatic heterocycles. The Bertz CT molecular complexity index is 858.